The van der Waals surface area contributed by atoms with Gasteiger partial charge < -0.3 is 0 Å². The van der Waals surface area contributed by atoms with Crippen molar-refractivity contribution in [3.8, 4) is 0 Å². The second-order valence-corrected chi connectivity index (χ2v) is 5.77. The molecule has 1 unspecified atom stereocenters. The Morgan fingerprint density at radius 3 is 2.84 bits per heavy atom. The quantitative estimate of drug-likeness (QED) is 0.484. The minimum atomic E-state index is -0.476. The van der Waals surface area contributed by atoms with Gasteiger partial charge in [0.1, 0.15) is 0 Å². The Hall–Kier alpha value is -1.47. The molecule has 0 radical (unpaired) electrons. The lowest BCUT2D eigenvalue weighted by molar-refractivity contribution is -0.384. The molecule has 0 fully saturated rings. The van der Waals surface area contributed by atoms with E-state index >= 15 is 0 Å². The van der Waals surface area contributed by atoms with Gasteiger partial charge in [0.25, 0.3) is 5.69 Å². The van der Waals surface area contributed by atoms with Gasteiger partial charge in [-0.15, -0.1) is 5.10 Å². The van der Waals surface area contributed by atoms with E-state index in [0.717, 1.165) is 11.3 Å². The molecular formula is C11H10BrClN4O2. The van der Waals surface area contributed by atoms with Gasteiger partial charge in [-0.1, -0.05) is 32.7 Å². The van der Waals surface area contributed by atoms with Gasteiger partial charge in [0, 0.05) is 18.3 Å². The molecule has 0 bridgehead atoms. The summed E-state index contributed by atoms with van der Waals surface area (Å²) < 4.78 is 1.64. The molecule has 0 amide bonds. The molecule has 2 rings (SSSR count). The zero-order valence-electron chi connectivity index (χ0n) is 9.96. The fourth-order valence-electron chi connectivity index (χ4n) is 1.53. The summed E-state index contributed by atoms with van der Waals surface area (Å²) in [4.78, 5) is 10.3. The van der Waals surface area contributed by atoms with Crippen LogP contribution in [0, 0.1) is 10.1 Å². The Morgan fingerprint density at radius 1 is 1.58 bits per heavy atom. The number of alkyl halides is 1. The van der Waals surface area contributed by atoms with Crippen LogP contribution in [0.2, 0.25) is 5.02 Å². The Balaban J connectivity index is 2.20. The number of nitrogens with zero attached hydrogens (tertiary/aromatic N) is 4. The van der Waals surface area contributed by atoms with E-state index in [1.54, 1.807) is 16.9 Å². The van der Waals surface area contributed by atoms with Crippen LogP contribution in [0.25, 0.3) is 0 Å². The molecule has 1 aromatic heterocycles. The highest BCUT2D eigenvalue weighted by molar-refractivity contribution is 9.09. The van der Waals surface area contributed by atoms with E-state index in [0.29, 0.717) is 11.6 Å². The van der Waals surface area contributed by atoms with Crippen LogP contribution in [-0.2, 0) is 6.54 Å². The number of rotatable bonds is 4. The summed E-state index contributed by atoms with van der Waals surface area (Å²) in [5.74, 6) is 0. The van der Waals surface area contributed by atoms with Crippen molar-refractivity contribution in [3.63, 3.8) is 0 Å². The lowest BCUT2D eigenvalue weighted by Crippen LogP contribution is -2.01. The number of nitro groups is 1. The zero-order chi connectivity index (χ0) is 14.0. The summed E-state index contributed by atoms with van der Waals surface area (Å²) in [5.41, 5.74) is 1.55. The Kier molecular flexibility index (Phi) is 4.16. The maximum Gasteiger partial charge on any atom is 0.270 e. The van der Waals surface area contributed by atoms with Gasteiger partial charge in [0.15, 0.2) is 0 Å². The van der Waals surface area contributed by atoms with Crippen LogP contribution in [0.5, 0.6) is 0 Å². The molecule has 0 saturated heterocycles. The van der Waals surface area contributed by atoms with Crippen molar-refractivity contribution in [3.05, 3.63) is 50.8 Å². The van der Waals surface area contributed by atoms with Crippen LogP contribution in [0.15, 0.2) is 24.4 Å². The predicted molar refractivity (Wildman–Crippen MR) is 74.6 cm³/mol. The van der Waals surface area contributed by atoms with Gasteiger partial charge in [-0.2, -0.15) is 0 Å². The molecule has 19 heavy (non-hydrogen) atoms. The van der Waals surface area contributed by atoms with Crippen LogP contribution < -0.4 is 0 Å². The summed E-state index contributed by atoms with van der Waals surface area (Å²) in [6.07, 6.45) is 1.80. The van der Waals surface area contributed by atoms with Gasteiger partial charge in [-0.05, 0) is 18.6 Å². The standard InChI is InChI=1S/C11H10BrClN4O2/c1-7(12)11-6-16(15-14-11)5-8-2-3-9(17(18)19)4-10(8)13/h2-4,6-7H,5H2,1H3. The predicted octanol–water partition coefficient (Wildman–Crippen LogP) is 3.34. The molecule has 100 valence electrons. The minimum Gasteiger partial charge on any atom is -0.258 e. The summed E-state index contributed by atoms with van der Waals surface area (Å²) >= 11 is 9.42. The topological polar surface area (TPSA) is 73.8 Å². The third-order valence-electron chi connectivity index (χ3n) is 2.54. The number of halogens is 2. The monoisotopic (exact) mass is 344 g/mol. The summed E-state index contributed by atoms with van der Waals surface area (Å²) in [5, 5.41) is 18.9. The molecule has 8 heteroatoms. The van der Waals surface area contributed by atoms with Crippen molar-refractivity contribution in [2.24, 2.45) is 0 Å². The van der Waals surface area contributed by atoms with Crippen molar-refractivity contribution >= 4 is 33.2 Å². The molecule has 0 aliphatic rings. The van der Waals surface area contributed by atoms with E-state index in [1.807, 2.05) is 6.92 Å². The lowest BCUT2D eigenvalue weighted by atomic mass is 10.2. The van der Waals surface area contributed by atoms with Crippen LogP contribution in [0.3, 0.4) is 0 Å². The third-order valence-corrected chi connectivity index (χ3v) is 3.36. The first-order chi connectivity index (χ1) is 8.97. The zero-order valence-corrected chi connectivity index (χ0v) is 12.3. The highest BCUT2D eigenvalue weighted by Gasteiger charge is 2.11. The molecule has 0 spiro atoms. The van der Waals surface area contributed by atoms with E-state index in [2.05, 4.69) is 26.2 Å². The number of hydrogen-bond donors (Lipinski definition) is 0. The first-order valence-corrected chi connectivity index (χ1v) is 6.73. The minimum absolute atomic E-state index is 0.0258. The first-order valence-electron chi connectivity index (χ1n) is 5.44. The van der Waals surface area contributed by atoms with Crippen LogP contribution >= 0.6 is 27.5 Å². The molecule has 0 aliphatic carbocycles. The fourth-order valence-corrected chi connectivity index (χ4v) is 1.97. The third kappa shape index (κ3) is 3.30. The van der Waals surface area contributed by atoms with E-state index < -0.39 is 4.92 Å². The highest BCUT2D eigenvalue weighted by Crippen LogP contribution is 2.24. The van der Waals surface area contributed by atoms with Crippen molar-refractivity contribution < 1.29 is 4.92 Å². The van der Waals surface area contributed by atoms with E-state index in [-0.39, 0.29) is 10.5 Å². The SMILES string of the molecule is CC(Br)c1cn(Cc2ccc([N+](=O)[O-])cc2Cl)nn1. The van der Waals surface area contributed by atoms with Gasteiger partial charge >= 0.3 is 0 Å². The van der Waals surface area contributed by atoms with Gasteiger partial charge in [-0.25, -0.2) is 4.68 Å². The summed E-state index contributed by atoms with van der Waals surface area (Å²) in [6, 6.07) is 4.38. The first kappa shape index (κ1) is 14.0. The molecule has 1 heterocycles. The van der Waals surface area contributed by atoms with Crippen LogP contribution in [0.1, 0.15) is 23.0 Å². The second kappa shape index (κ2) is 5.66. The number of aromatic nitrogens is 3. The summed E-state index contributed by atoms with van der Waals surface area (Å²) in [6.45, 7) is 2.37. The Labute approximate surface area is 122 Å². The Bertz CT molecular complexity index is 614. The molecule has 1 atom stereocenters. The lowest BCUT2D eigenvalue weighted by Gasteiger charge is -2.03. The number of non-ortho nitro benzene ring substituents is 1. The molecule has 0 aliphatic heterocycles. The van der Waals surface area contributed by atoms with Gasteiger partial charge in [0.05, 0.1) is 27.0 Å². The Morgan fingerprint density at radius 2 is 2.32 bits per heavy atom. The average molecular weight is 346 g/mol. The fraction of sp³-hybridized carbons (Fsp3) is 0.273. The average Bonchev–Trinajstić information content (AvgIpc) is 2.80. The van der Waals surface area contributed by atoms with Crippen molar-refractivity contribution in [1.82, 2.24) is 15.0 Å². The van der Waals surface area contributed by atoms with E-state index in [4.69, 9.17) is 11.6 Å². The largest absolute Gasteiger partial charge is 0.270 e. The van der Waals surface area contributed by atoms with E-state index in [9.17, 15) is 10.1 Å². The molecule has 6 nitrogen and oxygen atoms in total. The van der Waals surface area contributed by atoms with Crippen molar-refractivity contribution in [2.45, 2.75) is 18.3 Å². The smallest absolute Gasteiger partial charge is 0.258 e. The van der Waals surface area contributed by atoms with Gasteiger partial charge in [0.2, 0.25) is 0 Å². The van der Waals surface area contributed by atoms with Crippen molar-refractivity contribution in [1.29, 1.82) is 0 Å². The normalized spacial score (nSPS) is 12.4. The van der Waals surface area contributed by atoms with Crippen LogP contribution in [0.4, 0.5) is 5.69 Å². The molecule has 1 aromatic carbocycles. The van der Waals surface area contributed by atoms with Gasteiger partial charge in [-0.3, -0.25) is 10.1 Å². The molecule has 2 aromatic rings. The molecular weight excluding hydrogens is 336 g/mol. The van der Waals surface area contributed by atoms with Crippen molar-refractivity contribution in [2.75, 3.05) is 0 Å². The second-order valence-electron chi connectivity index (χ2n) is 3.99. The highest BCUT2D eigenvalue weighted by atomic mass is 79.9. The number of nitro benzene ring substituents is 1. The van der Waals surface area contributed by atoms with Crippen LogP contribution in [-0.4, -0.2) is 19.9 Å². The maximum atomic E-state index is 10.6. The molecule has 0 N–H and O–H groups in total. The molecule has 0 saturated carbocycles. The van der Waals surface area contributed by atoms with E-state index in [1.165, 1.54) is 12.1 Å². The maximum absolute atomic E-state index is 10.6. The number of benzene rings is 1. The summed E-state index contributed by atoms with van der Waals surface area (Å²) in [7, 11) is 0. The number of hydrogen-bond acceptors (Lipinski definition) is 4.